The molecule has 31 heavy (non-hydrogen) atoms. The maximum atomic E-state index is 12.8. The number of carbonyl (C=O) groups excluding carboxylic acids is 1. The first kappa shape index (κ1) is 20.7. The summed E-state index contributed by atoms with van der Waals surface area (Å²) >= 11 is 0. The normalized spacial score (nSPS) is 14.5. The molecule has 0 saturated carbocycles. The van der Waals surface area contributed by atoms with Crippen molar-refractivity contribution >= 4 is 11.7 Å². The molecule has 0 radical (unpaired) electrons. The van der Waals surface area contributed by atoms with Crippen LogP contribution in [0.3, 0.4) is 0 Å². The van der Waals surface area contributed by atoms with E-state index in [2.05, 4.69) is 10.4 Å². The second kappa shape index (κ2) is 9.07. The van der Waals surface area contributed by atoms with Crippen LogP contribution in [0.2, 0.25) is 0 Å². The van der Waals surface area contributed by atoms with Gasteiger partial charge in [0.1, 0.15) is 11.6 Å². The molecule has 162 valence electrons. The van der Waals surface area contributed by atoms with Crippen molar-refractivity contribution in [3.05, 3.63) is 70.9 Å². The van der Waals surface area contributed by atoms with E-state index in [4.69, 9.17) is 4.74 Å². The second-order valence-electron chi connectivity index (χ2n) is 7.56. The van der Waals surface area contributed by atoms with Gasteiger partial charge in [-0.25, -0.2) is 18.8 Å². The highest BCUT2D eigenvalue weighted by atomic mass is 16.5. The number of para-hydroxylation sites is 3. The number of urea groups is 1. The highest BCUT2D eigenvalue weighted by molar-refractivity contribution is 5.91. The predicted molar refractivity (Wildman–Crippen MR) is 119 cm³/mol. The van der Waals surface area contributed by atoms with E-state index < -0.39 is 0 Å². The molecule has 1 aliphatic rings. The van der Waals surface area contributed by atoms with Gasteiger partial charge in [-0.3, -0.25) is 0 Å². The summed E-state index contributed by atoms with van der Waals surface area (Å²) in [6.45, 7) is 3.63. The lowest BCUT2D eigenvalue weighted by atomic mass is 9.96. The molecule has 1 fully saturated rings. The van der Waals surface area contributed by atoms with Crippen molar-refractivity contribution in [2.24, 2.45) is 7.05 Å². The van der Waals surface area contributed by atoms with Crippen LogP contribution in [-0.4, -0.2) is 45.0 Å². The molecular weight excluding hydrogens is 394 g/mol. The van der Waals surface area contributed by atoms with Crippen molar-refractivity contribution in [1.29, 1.82) is 0 Å². The molecule has 0 bridgehead atoms. The van der Waals surface area contributed by atoms with E-state index in [0.29, 0.717) is 31.1 Å². The van der Waals surface area contributed by atoms with Gasteiger partial charge in [0.05, 0.1) is 18.0 Å². The number of nitrogens with zero attached hydrogens (tertiary/aromatic N) is 4. The van der Waals surface area contributed by atoms with Gasteiger partial charge in [-0.2, -0.15) is 5.10 Å². The van der Waals surface area contributed by atoms with Crippen molar-refractivity contribution in [3.63, 3.8) is 0 Å². The molecule has 0 spiro atoms. The zero-order chi connectivity index (χ0) is 21.8. The third-order valence-electron chi connectivity index (χ3n) is 5.54. The van der Waals surface area contributed by atoms with E-state index in [0.717, 1.165) is 24.4 Å². The highest BCUT2D eigenvalue weighted by Gasteiger charge is 2.29. The van der Waals surface area contributed by atoms with Crippen LogP contribution in [0.5, 0.6) is 5.75 Å². The van der Waals surface area contributed by atoms with Crippen LogP contribution in [-0.2, 0) is 7.05 Å². The van der Waals surface area contributed by atoms with Crippen LogP contribution >= 0.6 is 0 Å². The van der Waals surface area contributed by atoms with Gasteiger partial charge >= 0.3 is 11.7 Å². The molecule has 8 heteroatoms. The lowest BCUT2D eigenvalue weighted by molar-refractivity contribution is 0.193. The van der Waals surface area contributed by atoms with Crippen molar-refractivity contribution in [2.75, 3.05) is 25.0 Å². The molecule has 4 rings (SSSR count). The number of nitrogens with one attached hydrogen (secondary N) is 1. The number of likely N-dealkylation sites (tertiary alicyclic amines) is 1. The minimum atomic E-state index is -0.158. The molecule has 1 aliphatic heterocycles. The Kier molecular flexibility index (Phi) is 6.06. The van der Waals surface area contributed by atoms with Gasteiger partial charge in [-0.15, -0.1) is 0 Å². The van der Waals surface area contributed by atoms with Gasteiger partial charge in [-0.05, 0) is 44.0 Å². The molecule has 0 atom stereocenters. The molecule has 2 heterocycles. The van der Waals surface area contributed by atoms with Crippen molar-refractivity contribution in [1.82, 2.24) is 19.2 Å². The average Bonchev–Trinajstić information content (AvgIpc) is 3.10. The first-order valence-electron chi connectivity index (χ1n) is 10.6. The Morgan fingerprint density at radius 2 is 1.77 bits per heavy atom. The number of anilines is 1. The SMILES string of the molecule is CCOc1ccccc1NC(=O)N1CCC(c2nn(C)c(=O)n2-c2ccccc2)CC1. The molecule has 8 nitrogen and oxygen atoms in total. The molecule has 1 aromatic heterocycles. The van der Waals surface area contributed by atoms with E-state index in [1.807, 2.05) is 61.5 Å². The maximum absolute atomic E-state index is 12.8. The largest absolute Gasteiger partial charge is 0.492 e. The van der Waals surface area contributed by atoms with Crippen LogP contribution in [0.1, 0.15) is 31.5 Å². The van der Waals surface area contributed by atoms with Gasteiger partial charge in [0, 0.05) is 26.1 Å². The summed E-state index contributed by atoms with van der Waals surface area (Å²) in [6, 6.07) is 16.8. The maximum Gasteiger partial charge on any atom is 0.350 e. The molecule has 0 aliphatic carbocycles. The van der Waals surface area contributed by atoms with E-state index in [9.17, 15) is 9.59 Å². The molecule has 0 unspecified atom stereocenters. The molecule has 1 saturated heterocycles. The Bertz CT molecular complexity index is 1100. The Balaban J connectivity index is 1.46. The van der Waals surface area contributed by atoms with Crippen molar-refractivity contribution in [2.45, 2.75) is 25.7 Å². The summed E-state index contributed by atoms with van der Waals surface area (Å²) in [5, 5.41) is 7.47. The number of rotatable bonds is 5. The van der Waals surface area contributed by atoms with E-state index in [-0.39, 0.29) is 17.6 Å². The van der Waals surface area contributed by atoms with E-state index in [1.54, 1.807) is 16.5 Å². The number of carbonyl (C=O) groups is 1. The summed E-state index contributed by atoms with van der Waals surface area (Å²) < 4.78 is 8.65. The lowest BCUT2D eigenvalue weighted by Crippen LogP contribution is -2.41. The fourth-order valence-electron chi connectivity index (χ4n) is 3.95. The van der Waals surface area contributed by atoms with Gasteiger partial charge in [0.15, 0.2) is 0 Å². The Labute approximate surface area is 181 Å². The van der Waals surface area contributed by atoms with Crippen LogP contribution in [0, 0.1) is 0 Å². The number of aromatic nitrogens is 3. The first-order chi connectivity index (χ1) is 15.1. The molecule has 1 N–H and O–H groups in total. The standard InChI is InChI=1S/C23H27N5O3/c1-3-31-20-12-8-7-11-19(20)24-22(29)27-15-13-17(14-16-27)21-25-26(2)23(30)28(21)18-9-5-4-6-10-18/h4-12,17H,3,13-16H2,1-2H3,(H,24,29). The third kappa shape index (κ3) is 4.33. The van der Waals surface area contributed by atoms with Crippen LogP contribution in [0.4, 0.5) is 10.5 Å². The molecule has 2 amide bonds. The Morgan fingerprint density at radius 1 is 1.10 bits per heavy atom. The summed E-state index contributed by atoms with van der Waals surface area (Å²) in [6.07, 6.45) is 1.48. The number of aryl methyl sites for hydroxylation is 1. The lowest BCUT2D eigenvalue weighted by Gasteiger charge is -2.31. The summed E-state index contributed by atoms with van der Waals surface area (Å²) in [5.41, 5.74) is 1.32. The quantitative estimate of drug-likeness (QED) is 0.685. The molecule has 3 aromatic rings. The highest BCUT2D eigenvalue weighted by Crippen LogP contribution is 2.29. The van der Waals surface area contributed by atoms with Gasteiger partial charge in [-0.1, -0.05) is 30.3 Å². The predicted octanol–water partition coefficient (Wildman–Crippen LogP) is 3.38. The topological polar surface area (TPSA) is 81.4 Å². The number of benzene rings is 2. The fourth-order valence-corrected chi connectivity index (χ4v) is 3.95. The number of hydrogen-bond donors (Lipinski definition) is 1. The average molecular weight is 422 g/mol. The fraction of sp³-hybridized carbons (Fsp3) is 0.348. The second-order valence-corrected chi connectivity index (χ2v) is 7.56. The molecule has 2 aromatic carbocycles. The number of piperidine rings is 1. The smallest absolute Gasteiger partial charge is 0.350 e. The monoisotopic (exact) mass is 421 g/mol. The number of ether oxygens (including phenoxy) is 1. The third-order valence-corrected chi connectivity index (χ3v) is 5.54. The number of hydrogen-bond acceptors (Lipinski definition) is 4. The zero-order valence-electron chi connectivity index (χ0n) is 17.8. The van der Waals surface area contributed by atoms with Crippen molar-refractivity contribution in [3.8, 4) is 11.4 Å². The van der Waals surface area contributed by atoms with Crippen molar-refractivity contribution < 1.29 is 9.53 Å². The Morgan fingerprint density at radius 3 is 2.48 bits per heavy atom. The Hall–Kier alpha value is -3.55. The first-order valence-corrected chi connectivity index (χ1v) is 10.6. The van der Waals surface area contributed by atoms with E-state index in [1.165, 1.54) is 4.68 Å². The summed E-state index contributed by atoms with van der Waals surface area (Å²) in [5.74, 6) is 1.52. The van der Waals surface area contributed by atoms with Crippen LogP contribution < -0.4 is 15.7 Å². The van der Waals surface area contributed by atoms with Gasteiger partial charge in [0.2, 0.25) is 0 Å². The summed E-state index contributed by atoms with van der Waals surface area (Å²) in [7, 11) is 1.67. The zero-order valence-corrected chi connectivity index (χ0v) is 17.8. The van der Waals surface area contributed by atoms with Crippen LogP contribution in [0.25, 0.3) is 5.69 Å². The minimum absolute atomic E-state index is 0.105. The summed E-state index contributed by atoms with van der Waals surface area (Å²) in [4.78, 5) is 27.3. The van der Waals surface area contributed by atoms with E-state index >= 15 is 0 Å². The van der Waals surface area contributed by atoms with Crippen LogP contribution in [0.15, 0.2) is 59.4 Å². The minimum Gasteiger partial charge on any atom is -0.492 e. The number of amides is 2. The molecular formula is C23H27N5O3. The van der Waals surface area contributed by atoms with Gasteiger partial charge in [0.25, 0.3) is 0 Å². The van der Waals surface area contributed by atoms with Gasteiger partial charge < -0.3 is 15.0 Å².